The summed E-state index contributed by atoms with van der Waals surface area (Å²) in [5, 5.41) is 15.7. The zero-order valence-corrected chi connectivity index (χ0v) is 14.6. The molecule has 0 spiro atoms. The third-order valence-electron chi connectivity index (χ3n) is 4.17. The Kier molecular flexibility index (Phi) is 4.37. The monoisotopic (exact) mass is 354 g/mol. The molecule has 1 fully saturated rings. The summed E-state index contributed by atoms with van der Waals surface area (Å²) in [6, 6.07) is 1.97. The first-order chi connectivity index (χ1) is 12.2. The summed E-state index contributed by atoms with van der Waals surface area (Å²) in [6.45, 7) is 2.47. The van der Waals surface area contributed by atoms with E-state index in [0.29, 0.717) is 12.5 Å². The summed E-state index contributed by atoms with van der Waals surface area (Å²) in [5.41, 5.74) is 2.71. The lowest BCUT2D eigenvalue weighted by atomic mass is 9.80. The van der Waals surface area contributed by atoms with E-state index in [4.69, 9.17) is 0 Å². The van der Waals surface area contributed by atoms with Gasteiger partial charge in [-0.1, -0.05) is 0 Å². The van der Waals surface area contributed by atoms with Crippen molar-refractivity contribution in [3.05, 3.63) is 47.2 Å². The van der Waals surface area contributed by atoms with E-state index in [1.807, 2.05) is 18.4 Å². The van der Waals surface area contributed by atoms with Gasteiger partial charge in [-0.15, -0.1) is 11.3 Å². The Bertz CT molecular complexity index is 863. The van der Waals surface area contributed by atoms with Crippen molar-refractivity contribution in [2.45, 2.75) is 38.3 Å². The van der Waals surface area contributed by atoms with Gasteiger partial charge in [-0.05, 0) is 19.8 Å². The zero-order chi connectivity index (χ0) is 17.2. The number of aliphatic hydroxyl groups is 1. The molecule has 3 heterocycles. The Morgan fingerprint density at radius 2 is 2.12 bits per heavy atom. The van der Waals surface area contributed by atoms with Gasteiger partial charge in [-0.3, -0.25) is 9.97 Å². The maximum atomic E-state index is 9.49. The molecule has 25 heavy (non-hydrogen) atoms. The molecule has 0 unspecified atom stereocenters. The zero-order valence-electron chi connectivity index (χ0n) is 13.8. The van der Waals surface area contributed by atoms with E-state index in [-0.39, 0.29) is 6.10 Å². The van der Waals surface area contributed by atoms with Crippen molar-refractivity contribution in [1.29, 1.82) is 0 Å². The summed E-state index contributed by atoms with van der Waals surface area (Å²) < 4.78 is 0. The Balaban J connectivity index is 1.44. The second kappa shape index (κ2) is 6.81. The number of hydrogen-bond acceptors (Lipinski definition) is 8. The molecular formula is C17H18N6OS. The number of thiazole rings is 1. The fraction of sp³-hybridized carbons (Fsp3) is 0.353. The van der Waals surface area contributed by atoms with Crippen molar-refractivity contribution < 1.29 is 5.11 Å². The molecule has 2 N–H and O–H groups in total. The lowest BCUT2D eigenvalue weighted by Crippen LogP contribution is -2.27. The van der Waals surface area contributed by atoms with Crippen LogP contribution in [0.4, 0.5) is 5.82 Å². The van der Waals surface area contributed by atoms with Gasteiger partial charge in [0.15, 0.2) is 0 Å². The van der Waals surface area contributed by atoms with Gasteiger partial charge in [0, 0.05) is 35.5 Å². The van der Waals surface area contributed by atoms with E-state index in [9.17, 15) is 5.11 Å². The van der Waals surface area contributed by atoms with Crippen LogP contribution in [0.5, 0.6) is 0 Å². The number of hydrogen-bond donors (Lipinski definition) is 2. The first kappa shape index (κ1) is 16.0. The molecule has 0 saturated heterocycles. The molecule has 0 bridgehead atoms. The highest BCUT2D eigenvalue weighted by Gasteiger charge is 2.30. The fourth-order valence-corrected chi connectivity index (χ4v) is 3.60. The number of nitrogens with one attached hydrogen (secondary N) is 1. The molecule has 0 aliphatic heterocycles. The van der Waals surface area contributed by atoms with Crippen LogP contribution < -0.4 is 5.32 Å². The maximum absolute atomic E-state index is 9.49. The predicted octanol–water partition coefficient (Wildman–Crippen LogP) is 2.55. The molecule has 0 aromatic carbocycles. The standard InChI is InChI=1S/C17H18N6OS/c1-10-21-14(11-4-13(24)5-11)6-16(22-10)20-7-12-9-25-17(23-12)15-8-18-2-3-19-15/h2-3,6,8-9,11,13,24H,4-5,7H2,1H3,(H,20,21,22). The van der Waals surface area contributed by atoms with Gasteiger partial charge in [0.05, 0.1) is 24.5 Å². The van der Waals surface area contributed by atoms with Crippen LogP contribution in [0.2, 0.25) is 0 Å². The number of aryl methyl sites for hydroxylation is 1. The van der Waals surface area contributed by atoms with Gasteiger partial charge in [0.25, 0.3) is 0 Å². The summed E-state index contributed by atoms with van der Waals surface area (Å²) in [6.07, 6.45) is 6.40. The molecule has 4 rings (SSSR count). The van der Waals surface area contributed by atoms with E-state index in [0.717, 1.165) is 46.6 Å². The van der Waals surface area contributed by atoms with Gasteiger partial charge in [-0.25, -0.2) is 15.0 Å². The molecule has 1 saturated carbocycles. The van der Waals surface area contributed by atoms with Gasteiger partial charge in [0.2, 0.25) is 0 Å². The van der Waals surface area contributed by atoms with Crippen molar-refractivity contribution in [1.82, 2.24) is 24.9 Å². The van der Waals surface area contributed by atoms with Crippen LogP contribution in [0.25, 0.3) is 10.7 Å². The lowest BCUT2D eigenvalue weighted by Gasteiger charge is -2.31. The van der Waals surface area contributed by atoms with Crippen LogP contribution in [0.3, 0.4) is 0 Å². The van der Waals surface area contributed by atoms with E-state index < -0.39 is 0 Å². The summed E-state index contributed by atoms with van der Waals surface area (Å²) in [7, 11) is 0. The first-order valence-corrected chi connectivity index (χ1v) is 9.03. The highest BCUT2D eigenvalue weighted by Crippen LogP contribution is 2.36. The fourth-order valence-electron chi connectivity index (χ4n) is 2.82. The van der Waals surface area contributed by atoms with Crippen LogP contribution in [-0.2, 0) is 6.54 Å². The predicted molar refractivity (Wildman–Crippen MR) is 95.2 cm³/mol. The molecule has 3 aromatic rings. The SMILES string of the molecule is Cc1nc(NCc2csc(-c3cnccn3)n2)cc(C2CC(O)C2)n1. The largest absolute Gasteiger partial charge is 0.393 e. The van der Waals surface area contributed by atoms with Crippen molar-refractivity contribution in [2.75, 3.05) is 5.32 Å². The van der Waals surface area contributed by atoms with Crippen molar-refractivity contribution in [3.8, 4) is 10.7 Å². The van der Waals surface area contributed by atoms with Crippen LogP contribution in [0.1, 0.15) is 36.0 Å². The van der Waals surface area contributed by atoms with Gasteiger partial charge < -0.3 is 10.4 Å². The number of aliphatic hydroxyl groups excluding tert-OH is 1. The minimum Gasteiger partial charge on any atom is -0.393 e. The van der Waals surface area contributed by atoms with E-state index in [1.54, 1.807) is 29.9 Å². The third-order valence-corrected chi connectivity index (χ3v) is 5.09. The van der Waals surface area contributed by atoms with Crippen LogP contribution >= 0.6 is 11.3 Å². The van der Waals surface area contributed by atoms with Gasteiger partial charge in [0.1, 0.15) is 22.3 Å². The van der Waals surface area contributed by atoms with Crippen molar-refractivity contribution in [3.63, 3.8) is 0 Å². The minimum atomic E-state index is -0.189. The molecule has 0 radical (unpaired) electrons. The highest BCUT2D eigenvalue weighted by molar-refractivity contribution is 7.13. The Morgan fingerprint density at radius 1 is 1.24 bits per heavy atom. The first-order valence-electron chi connectivity index (χ1n) is 8.15. The van der Waals surface area contributed by atoms with Gasteiger partial charge >= 0.3 is 0 Å². The molecule has 128 valence electrons. The topological polar surface area (TPSA) is 96.7 Å². The molecule has 8 heteroatoms. The number of nitrogens with zero attached hydrogens (tertiary/aromatic N) is 5. The summed E-state index contributed by atoms with van der Waals surface area (Å²) >= 11 is 1.55. The third kappa shape index (κ3) is 3.64. The lowest BCUT2D eigenvalue weighted by molar-refractivity contribution is 0.0731. The molecular weight excluding hydrogens is 336 g/mol. The van der Waals surface area contributed by atoms with Crippen molar-refractivity contribution in [2.24, 2.45) is 0 Å². The van der Waals surface area contributed by atoms with Crippen LogP contribution in [-0.4, -0.2) is 36.1 Å². The average Bonchev–Trinajstić information content (AvgIpc) is 3.06. The summed E-state index contributed by atoms with van der Waals surface area (Å²) in [4.78, 5) is 21.9. The second-order valence-corrected chi connectivity index (χ2v) is 6.99. The summed E-state index contributed by atoms with van der Waals surface area (Å²) in [5.74, 6) is 1.86. The molecule has 0 atom stereocenters. The van der Waals surface area contributed by atoms with Crippen LogP contribution in [0.15, 0.2) is 30.0 Å². The second-order valence-electron chi connectivity index (χ2n) is 6.14. The number of aromatic nitrogens is 5. The number of anilines is 1. The Labute approximate surface area is 149 Å². The van der Waals surface area contributed by atoms with Crippen LogP contribution in [0, 0.1) is 6.92 Å². The molecule has 1 aliphatic rings. The molecule has 3 aromatic heterocycles. The number of rotatable bonds is 5. The molecule has 7 nitrogen and oxygen atoms in total. The smallest absolute Gasteiger partial charge is 0.143 e. The minimum absolute atomic E-state index is 0.189. The molecule has 1 aliphatic carbocycles. The van der Waals surface area contributed by atoms with E-state index in [2.05, 4.69) is 30.2 Å². The average molecular weight is 354 g/mol. The Morgan fingerprint density at radius 3 is 2.88 bits per heavy atom. The normalized spacial score (nSPS) is 19.4. The maximum Gasteiger partial charge on any atom is 0.143 e. The van der Waals surface area contributed by atoms with E-state index in [1.165, 1.54) is 0 Å². The van der Waals surface area contributed by atoms with Crippen molar-refractivity contribution >= 4 is 17.2 Å². The van der Waals surface area contributed by atoms with Gasteiger partial charge in [-0.2, -0.15) is 0 Å². The molecule has 0 amide bonds. The Hall–Kier alpha value is -2.45. The quantitative estimate of drug-likeness (QED) is 0.727. The highest BCUT2D eigenvalue weighted by atomic mass is 32.1. The van der Waals surface area contributed by atoms with E-state index >= 15 is 0 Å².